The van der Waals surface area contributed by atoms with Crippen LogP contribution in [0.15, 0.2) is 36.7 Å². The van der Waals surface area contributed by atoms with Gasteiger partial charge in [-0.05, 0) is 28.8 Å². The number of carbonyl (C=O) groups excluding carboxylic acids is 1. The summed E-state index contributed by atoms with van der Waals surface area (Å²) in [6.45, 7) is 0.740. The largest absolute Gasteiger partial charge is 0.371 e. The molecule has 3 heterocycles. The Balaban J connectivity index is 1.49. The van der Waals surface area contributed by atoms with Crippen LogP contribution in [0.25, 0.3) is 0 Å². The number of amides is 1. The third kappa shape index (κ3) is 3.75. The molecule has 9 nitrogen and oxygen atoms in total. The summed E-state index contributed by atoms with van der Waals surface area (Å²) >= 11 is 1.34. The molecule has 1 aromatic carbocycles. The van der Waals surface area contributed by atoms with Crippen LogP contribution >= 0.6 is 11.3 Å². The number of anilines is 1. The van der Waals surface area contributed by atoms with Crippen molar-refractivity contribution in [1.82, 2.24) is 30.4 Å². The van der Waals surface area contributed by atoms with E-state index in [2.05, 4.69) is 31.0 Å². The fourth-order valence-electron chi connectivity index (χ4n) is 2.83. The Bertz CT molecular complexity index is 847. The van der Waals surface area contributed by atoms with Crippen molar-refractivity contribution in [2.45, 2.75) is 31.4 Å². The highest BCUT2D eigenvalue weighted by molar-refractivity contribution is 7.15. The van der Waals surface area contributed by atoms with Crippen LogP contribution in [0.4, 0.5) is 5.13 Å². The number of aromatic nitrogens is 6. The molecule has 0 unspecified atom stereocenters. The Kier molecular flexibility index (Phi) is 4.93. The highest BCUT2D eigenvalue weighted by Gasteiger charge is 2.26. The summed E-state index contributed by atoms with van der Waals surface area (Å²) in [6.07, 6.45) is 3.84. The Morgan fingerprint density at radius 1 is 1.35 bits per heavy atom. The maximum atomic E-state index is 12.8. The molecule has 2 aromatic heterocycles. The lowest BCUT2D eigenvalue weighted by atomic mass is 10.1. The first-order valence-electron chi connectivity index (χ1n) is 8.32. The molecule has 0 saturated carbocycles. The van der Waals surface area contributed by atoms with Crippen molar-refractivity contribution in [3.05, 3.63) is 47.2 Å². The second-order valence-corrected chi connectivity index (χ2v) is 6.94. The average Bonchev–Trinajstić information content (AvgIpc) is 3.41. The second kappa shape index (κ2) is 7.67. The molecule has 4 rings (SSSR count). The Morgan fingerprint density at radius 2 is 2.23 bits per heavy atom. The van der Waals surface area contributed by atoms with Crippen LogP contribution in [0.3, 0.4) is 0 Å². The van der Waals surface area contributed by atoms with E-state index in [1.165, 1.54) is 22.3 Å². The van der Waals surface area contributed by atoms with Crippen LogP contribution in [-0.2, 0) is 16.0 Å². The summed E-state index contributed by atoms with van der Waals surface area (Å²) < 4.78 is 7.06. The van der Waals surface area contributed by atoms with Gasteiger partial charge in [-0.15, -0.1) is 15.3 Å². The average molecular weight is 371 g/mol. The minimum Gasteiger partial charge on any atom is -0.371 e. The molecule has 2 atom stereocenters. The lowest BCUT2D eigenvalue weighted by Crippen LogP contribution is -2.28. The summed E-state index contributed by atoms with van der Waals surface area (Å²) in [4.78, 5) is 12.8. The van der Waals surface area contributed by atoms with Crippen molar-refractivity contribution in [3.63, 3.8) is 0 Å². The number of rotatable bonds is 6. The minimum absolute atomic E-state index is 0.0159. The van der Waals surface area contributed by atoms with Crippen molar-refractivity contribution < 1.29 is 9.53 Å². The molecule has 1 N–H and O–H groups in total. The lowest BCUT2D eigenvalue weighted by Gasteiger charge is -2.15. The quantitative estimate of drug-likeness (QED) is 0.704. The molecule has 1 saturated heterocycles. The number of benzene rings is 1. The van der Waals surface area contributed by atoms with Gasteiger partial charge in [0.2, 0.25) is 5.13 Å². The van der Waals surface area contributed by atoms with Crippen LogP contribution in [0, 0.1) is 0 Å². The highest BCUT2D eigenvalue weighted by atomic mass is 32.1. The van der Waals surface area contributed by atoms with Crippen LogP contribution in [0.5, 0.6) is 0 Å². The van der Waals surface area contributed by atoms with E-state index < -0.39 is 6.04 Å². The third-order valence-corrected chi connectivity index (χ3v) is 5.07. The molecular weight excluding hydrogens is 354 g/mol. The van der Waals surface area contributed by atoms with Gasteiger partial charge in [-0.25, -0.2) is 4.68 Å². The fourth-order valence-corrected chi connectivity index (χ4v) is 3.66. The molecule has 26 heavy (non-hydrogen) atoms. The molecule has 1 amide bonds. The summed E-state index contributed by atoms with van der Waals surface area (Å²) in [5.74, 6) is -0.240. The first-order chi connectivity index (χ1) is 12.8. The van der Waals surface area contributed by atoms with Gasteiger partial charge in [0.25, 0.3) is 5.91 Å². The van der Waals surface area contributed by atoms with E-state index in [-0.39, 0.29) is 12.0 Å². The first kappa shape index (κ1) is 16.7. The maximum Gasteiger partial charge on any atom is 0.251 e. The van der Waals surface area contributed by atoms with Crippen molar-refractivity contribution in [2.24, 2.45) is 0 Å². The van der Waals surface area contributed by atoms with Crippen LogP contribution in [0.1, 0.15) is 35.6 Å². The van der Waals surface area contributed by atoms with Crippen molar-refractivity contribution in [3.8, 4) is 0 Å². The lowest BCUT2D eigenvalue weighted by molar-refractivity contribution is -0.119. The smallest absolute Gasteiger partial charge is 0.251 e. The molecule has 1 aliphatic heterocycles. The van der Waals surface area contributed by atoms with Gasteiger partial charge >= 0.3 is 0 Å². The zero-order valence-corrected chi connectivity index (χ0v) is 14.7. The molecule has 10 heteroatoms. The molecular formula is C16H17N7O2S. The zero-order valence-electron chi connectivity index (χ0n) is 13.9. The molecule has 134 valence electrons. The van der Waals surface area contributed by atoms with Crippen molar-refractivity contribution >= 4 is 22.4 Å². The SMILES string of the molecule is O=C(Nc1nnc([C@@H]2CCCO2)s1)[C@H](Cc1ccccc1)n1cnnn1. The first-order valence-corrected chi connectivity index (χ1v) is 9.13. The predicted molar refractivity (Wildman–Crippen MR) is 93.5 cm³/mol. The molecule has 3 aromatic rings. The van der Waals surface area contributed by atoms with E-state index in [4.69, 9.17) is 4.74 Å². The van der Waals surface area contributed by atoms with Gasteiger partial charge in [-0.2, -0.15) is 0 Å². The summed E-state index contributed by atoms with van der Waals surface area (Å²) in [7, 11) is 0. The number of ether oxygens (including phenoxy) is 1. The zero-order chi connectivity index (χ0) is 17.8. The van der Waals surface area contributed by atoms with E-state index in [9.17, 15) is 4.79 Å². The fraction of sp³-hybridized carbons (Fsp3) is 0.375. The van der Waals surface area contributed by atoms with E-state index in [1.807, 2.05) is 30.3 Å². The molecule has 1 aliphatic rings. The van der Waals surface area contributed by atoms with Gasteiger partial charge in [0, 0.05) is 13.0 Å². The Labute approximate surface area is 153 Å². The predicted octanol–water partition coefficient (Wildman–Crippen LogP) is 1.80. The molecule has 1 fully saturated rings. The topological polar surface area (TPSA) is 108 Å². The number of carbonyl (C=O) groups is 1. The monoisotopic (exact) mass is 371 g/mol. The van der Waals surface area contributed by atoms with E-state index in [0.29, 0.717) is 11.6 Å². The Hall–Kier alpha value is -2.72. The van der Waals surface area contributed by atoms with Gasteiger partial charge in [0.05, 0.1) is 0 Å². The van der Waals surface area contributed by atoms with Gasteiger partial charge in [0.1, 0.15) is 23.5 Å². The number of hydrogen-bond donors (Lipinski definition) is 1. The van der Waals surface area contributed by atoms with Crippen molar-refractivity contribution in [2.75, 3.05) is 11.9 Å². The second-order valence-electron chi connectivity index (χ2n) is 5.93. The van der Waals surface area contributed by atoms with E-state index >= 15 is 0 Å². The number of nitrogens with one attached hydrogen (secondary N) is 1. The normalized spacial score (nSPS) is 17.9. The maximum absolute atomic E-state index is 12.8. The van der Waals surface area contributed by atoms with E-state index in [0.717, 1.165) is 30.0 Å². The van der Waals surface area contributed by atoms with Gasteiger partial charge in [-0.3, -0.25) is 10.1 Å². The number of tetrazole rings is 1. The molecule has 0 bridgehead atoms. The minimum atomic E-state index is -0.581. The van der Waals surface area contributed by atoms with Crippen molar-refractivity contribution in [1.29, 1.82) is 0 Å². The third-order valence-electron chi connectivity index (χ3n) is 4.13. The molecule has 0 spiro atoms. The summed E-state index contributed by atoms with van der Waals surface area (Å²) in [5.41, 5.74) is 1.01. The van der Waals surface area contributed by atoms with Gasteiger partial charge in [0.15, 0.2) is 0 Å². The van der Waals surface area contributed by atoms with Crippen LogP contribution in [-0.4, -0.2) is 42.9 Å². The van der Waals surface area contributed by atoms with Gasteiger partial charge < -0.3 is 4.74 Å². The standard InChI is InChI=1S/C16H17N7O2S/c24-14(18-16-20-19-15(26-16)13-7-4-8-25-13)12(23-10-17-21-22-23)9-11-5-2-1-3-6-11/h1-3,5-6,10,12-13H,4,7-9H2,(H,18,20,24)/t12-,13-/m0/s1. The number of nitrogens with zero attached hydrogens (tertiary/aromatic N) is 6. The van der Waals surface area contributed by atoms with Gasteiger partial charge in [-0.1, -0.05) is 41.7 Å². The van der Waals surface area contributed by atoms with Crippen LogP contribution < -0.4 is 5.32 Å². The molecule has 0 radical (unpaired) electrons. The van der Waals surface area contributed by atoms with Crippen LogP contribution in [0.2, 0.25) is 0 Å². The Morgan fingerprint density at radius 3 is 2.96 bits per heavy atom. The summed E-state index contributed by atoms with van der Waals surface area (Å²) in [6, 6.07) is 9.15. The highest BCUT2D eigenvalue weighted by Crippen LogP contribution is 2.32. The summed E-state index contributed by atoms with van der Waals surface area (Å²) in [5, 5.41) is 23.4. The molecule has 0 aliphatic carbocycles. The number of hydrogen-bond acceptors (Lipinski definition) is 8. The van der Waals surface area contributed by atoms with E-state index in [1.54, 1.807) is 0 Å².